The number of fused-ring (bicyclic) bond motifs is 9. The molecule has 0 fully saturated rings. The van der Waals surface area contributed by atoms with E-state index in [0.717, 1.165) is 38.7 Å². The molecule has 0 saturated heterocycles. The first kappa shape index (κ1) is 27.9. The Balaban J connectivity index is 1.22. The van der Waals surface area contributed by atoms with E-state index in [1.54, 1.807) is 0 Å². The highest BCUT2D eigenvalue weighted by molar-refractivity contribution is 6.15. The van der Waals surface area contributed by atoms with Crippen LogP contribution in [0.3, 0.4) is 0 Å². The van der Waals surface area contributed by atoms with E-state index in [4.69, 9.17) is 4.42 Å². The summed E-state index contributed by atoms with van der Waals surface area (Å²) in [6, 6.07) is 59.5. The first-order valence-corrected chi connectivity index (χ1v) is 17.0. The minimum atomic E-state index is -0.105. The fourth-order valence-corrected chi connectivity index (χ4v) is 8.17. The van der Waals surface area contributed by atoms with Crippen molar-refractivity contribution in [1.82, 2.24) is 0 Å². The fourth-order valence-electron chi connectivity index (χ4n) is 8.17. The summed E-state index contributed by atoms with van der Waals surface area (Å²) in [6.45, 7) is 4.69. The zero-order valence-corrected chi connectivity index (χ0v) is 27.4. The van der Waals surface area contributed by atoms with Gasteiger partial charge in [0.25, 0.3) is 0 Å². The van der Waals surface area contributed by atoms with Gasteiger partial charge in [0.15, 0.2) is 0 Å². The quantitative estimate of drug-likeness (QED) is 0.193. The van der Waals surface area contributed by atoms with E-state index in [9.17, 15) is 0 Å². The molecule has 0 N–H and O–H groups in total. The van der Waals surface area contributed by atoms with Gasteiger partial charge in [-0.15, -0.1) is 0 Å². The summed E-state index contributed by atoms with van der Waals surface area (Å²) in [4.78, 5) is 2.45. The number of furan rings is 1. The van der Waals surface area contributed by atoms with Crippen molar-refractivity contribution in [3.8, 4) is 22.3 Å². The third-order valence-corrected chi connectivity index (χ3v) is 10.6. The van der Waals surface area contributed by atoms with Crippen LogP contribution >= 0.6 is 0 Å². The van der Waals surface area contributed by atoms with Crippen molar-refractivity contribution in [1.29, 1.82) is 0 Å². The molecule has 1 aliphatic carbocycles. The van der Waals surface area contributed by atoms with Crippen LogP contribution < -0.4 is 4.90 Å². The molecule has 0 radical (unpaired) electrons. The summed E-state index contributed by atoms with van der Waals surface area (Å²) in [6.07, 6.45) is 0. The van der Waals surface area contributed by atoms with E-state index in [2.05, 4.69) is 183 Å². The van der Waals surface area contributed by atoms with Crippen LogP contribution in [0.15, 0.2) is 168 Å². The maximum atomic E-state index is 6.55. The second-order valence-corrected chi connectivity index (χ2v) is 13.8. The van der Waals surface area contributed by atoms with E-state index in [1.807, 2.05) is 0 Å². The van der Waals surface area contributed by atoms with Crippen molar-refractivity contribution in [2.45, 2.75) is 19.3 Å². The van der Waals surface area contributed by atoms with Crippen molar-refractivity contribution >= 4 is 60.5 Å². The molecule has 49 heavy (non-hydrogen) atoms. The maximum Gasteiger partial charge on any atom is 0.143 e. The standard InChI is InChI=1S/C47H33NO/c1-47(2)41-18-8-7-17-39(41)45-42(47)19-10-20-43(45)48(35-15-9-14-33(28-35)34-22-21-30-11-3-4-13-32(30)27-34)36-24-26-44-40(29-36)38-25-23-31-12-5-6-16-37(31)46(38)49-44/h3-29H,1-2H3. The van der Waals surface area contributed by atoms with Gasteiger partial charge >= 0.3 is 0 Å². The van der Waals surface area contributed by atoms with Gasteiger partial charge in [-0.1, -0.05) is 129 Å². The van der Waals surface area contributed by atoms with Gasteiger partial charge in [-0.05, 0) is 92.5 Å². The molecule has 232 valence electrons. The van der Waals surface area contributed by atoms with Gasteiger partial charge in [0, 0.05) is 38.5 Å². The predicted octanol–water partition coefficient (Wildman–Crippen LogP) is 13.3. The van der Waals surface area contributed by atoms with Gasteiger partial charge in [0.05, 0.1) is 5.69 Å². The van der Waals surface area contributed by atoms with Crippen molar-refractivity contribution < 1.29 is 4.42 Å². The molecular weight excluding hydrogens is 595 g/mol. The minimum absolute atomic E-state index is 0.105. The smallest absolute Gasteiger partial charge is 0.143 e. The molecule has 9 aromatic rings. The van der Waals surface area contributed by atoms with Gasteiger partial charge in [-0.3, -0.25) is 0 Å². The molecule has 2 heteroatoms. The Morgan fingerprint density at radius 2 is 1.18 bits per heavy atom. The zero-order chi connectivity index (χ0) is 32.7. The first-order valence-electron chi connectivity index (χ1n) is 17.0. The Bertz CT molecular complexity index is 2770. The summed E-state index contributed by atoms with van der Waals surface area (Å²) < 4.78 is 6.55. The summed E-state index contributed by atoms with van der Waals surface area (Å²) in [7, 11) is 0. The minimum Gasteiger partial charge on any atom is -0.455 e. The Morgan fingerprint density at radius 1 is 0.469 bits per heavy atom. The third kappa shape index (κ3) is 4.20. The van der Waals surface area contributed by atoms with Crippen molar-refractivity contribution in [2.75, 3.05) is 4.90 Å². The molecule has 1 heterocycles. The number of rotatable bonds is 4. The Kier molecular flexibility index (Phi) is 5.95. The number of benzene rings is 8. The predicted molar refractivity (Wildman–Crippen MR) is 206 cm³/mol. The van der Waals surface area contributed by atoms with E-state index in [-0.39, 0.29) is 5.41 Å². The van der Waals surface area contributed by atoms with E-state index < -0.39 is 0 Å². The van der Waals surface area contributed by atoms with Gasteiger partial charge in [0.1, 0.15) is 11.2 Å². The van der Waals surface area contributed by atoms with Crippen LogP contribution in [0, 0.1) is 0 Å². The van der Waals surface area contributed by atoms with Crippen molar-refractivity contribution in [2.24, 2.45) is 0 Å². The molecule has 0 bridgehead atoms. The number of hydrogen-bond donors (Lipinski definition) is 0. The SMILES string of the molecule is CC1(C)c2ccccc2-c2c(N(c3cccc(-c4ccc5ccccc5c4)c3)c3ccc4oc5c6ccccc6ccc5c4c3)cccc21. The molecule has 8 aromatic carbocycles. The van der Waals surface area contributed by atoms with Crippen molar-refractivity contribution in [3.05, 3.63) is 175 Å². The summed E-state index contributed by atoms with van der Waals surface area (Å²) >= 11 is 0. The van der Waals surface area contributed by atoms with Crippen LogP contribution in [-0.2, 0) is 5.41 Å². The largest absolute Gasteiger partial charge is 0.455 e. The summed E-state index contributed by atoms with van der Waals surface area (Å²) in [5.74, 6) is 0. The first-order chi connectivity index (χ1) is 24.0. The van der Waals surface area contributed by atoms with Crippen LogP contribution in [0.25, 0.3) is 65.7 Å². The molecule has 0 spiro atoms. The molecule has 0 saturated carbocycles. The molecule has 10 rings (SSSR count). The Hall–Kier alpha value is -6.12. The highest BCUT2D eigenvalue weighted by atomic mass is 16.3. The van der Waals surface area contributed by atoms with Crippen LogP contribution in [0.2, 0.25) is 0 Å². The Labute approximate surface area is 285 Å². The van der Waals surface area contributed by atoms with Crippen molar-refractivity contribution in [3.63, 3.8) is 0 Å². The third-order valence-electron chi connectivity index (χ3n) is 10.6. The number of hydrogen-bond acceptors (Lipinski definition) is 2. The highest BCUT2D eigenvalue weighted by Crippen LogP contribution is 2.54. The molecule has 1 aliphatic rings. The average molecular weight is 628 g/mol. The molecule has 2 nitrogen and oxygen atoms in total. The van der Waals surface area contributed by atoms with Crippen LogP contribution in [0.4, 0.5) is 17.1 Å². The Morgan fingerprint density at radius 3 is 2.10 bits per heavy atom. The number of anilines is 3. The molecular formula is C47H33NO. The summed E-state index contributed by atoms with van der Waals surface area (Å²) in [5, 5.41) is 7.05. The maximum absolute atomic E-state index is 6.55. The van der Waals surface area contributed by atoms with Gasteiger partial charge in [-0.2, -0.15) is 0 Å². The lowest BCUT2D eigenvalue weighted by Crippen LogP contribution is -2.16. The monoisotopic (exact) mass is 627 g/mol. The molecule has 0 amide bonds. The number of nitrogens with zero attached hydrogens (tertiary/aromatic N) is 1. The van der Waals surface area contributed by atoms with E-state index in [1.165, 1.54) is 55.2 Å². The molecule has 0 unspecified atom stereocenters. The van der Waals surface area contributed by atoms with E-state index >= 15 is 0 Å². The summed E-state index contributed by atoms with van der Waals surface area (Å²) in [5.41, 5.74) is 12.8. The lowest BCUT2D eigenvalue weighted by molar-refractivity contribution is 0.660. The normalized spacial score (nSPS) is 13.3. The van der Waals surface area contributed by atoms with Crippen LogP contribution in [0.5, 0.6) is 0 Å². The van der Waals surface area contributed by atoms with Gasteiger partial charge in [0.2, 0.25) is 0 Å². The van der Waals surface area contributed by atoms with Gasteiger partial charge in [-0.25, -0.2) is 0 Å². The second kappa shape index (κ2) is 10.4. The topological polar surface area (TPSA) is 16.4 Å². The molecule has 0 atom stereocenters. The van der Waals surface area contributed by atoms with E-state index in [0.29, 0.717) is 0 Å². The lowest BCUT2D eigenvalue weighted by atomic mass is 9.82. The van der Waals surface area contributed by atoms with Crippen LogP contribution in [0.1, 0.15) is 25.0 Å². The molecule has 1 aromatic heterocycles. The fraction of sp³-hybridized carbons (Fsp3) is 0.0638. The van der Waals surface area contributed by atoms with Crippen LogP contribution in [-0.4, -0.2) is 0 Å². The van der Waals surface area contributed by atoms with Gasteiger partial charge < -0.3 is 9.32 Å². The lowest BCUT2D eigenvalue weighted by Gasteiger charge is -2.29. The molecule has 0 aliphatic heterocycles. The average Bonchev–Trinajstić information content (AvgIpc) is 3.64. The zero-order valence-electron chi connectivity index (χ0n) is 27.4. The highest BCUT2D eigenvalue weighted by Gasteiger charge is 2.37. The second-order valence-electron chi connectivity index (χ2n) is 13.8.